The molecular weight excluding hydrogens is 290 g/mol. The SMILES string of the molecule is CCC(Oc1ccc([N+](=O)[O-])cc1)C(=O)Nc1cc(C)on1. The van der Waals surface area contributed by atoms with E-state index in [0.717, 1.165) is 0 Å². The Kier molecular flexibility index (Phi) is 4.72. The van der Waals surface area contributed by atoms with Gasteiger partial charge in [0.2, 0.25) is 0 Å². The number of nitrogens with zero attached hydrogens (tertiary/aromatic N) is 2. The van der Waals surface area contributed by atoms with Crippen LogP contribution in [0.25, 0.3) is 0 Å². The van der Waals surface area contributed by atoms with Crippen molar-refractivity contribution in [3.63, 3.8) is 0 Å². The second-order valence-electron chi connectivity index (χ2n) is 4.58. The Bertz CT molecular complexity index is 665. The molecular formula is C14H15N3O5. The minimum absolute atomic E-state index is 0.0390. The minimum Gasteiger partial charge on any atom is -0.481 e. The number of amides is 1. The number of carbonyl (C=O) groups is 1. The molecule has 0 aliphatic carbocycles. The third kappa shape index (κ3) is 3.81. The summed E-state index contributed by atoms with van der Waals surface area (Å²) in [6.07, 6.45) is -0.307. The first-order valence-corrected chi connectivity index (χ1v) is 6.65. The van der Waals surface area contributed by atoms with Crippen molar-refractivity contribution < 1.29 is 19.0 Å². The third-order valence-electron chi connectivity index (χ3n) is 2.87. The van der Waals surface area contributed by atoms with Crippen LogP contribution >= 0.6 is 0 Å². The zero-order valence-electron chi connectivity index (χ0n) is 12.1. The molecule has 8 nitrogen and oxygen atoms in total. The first-order chi connectivity index (χ1) is 10.5. The number of nitrogens with one attached hydrogen (secondary N) is 1. The molecule has 2 rings (SSSR count). The highest BCUT2D eigenvalue weighted by atomic mass is 16.6. The molecule has 0 saturated heterocycles. The molecule has 1 atom stereocenters. The summed E-state index contributed by atoms with van der Waals surface area (Å²) >= 11 is 0. The largest absolute Gasteiger partial charge is 0.481 e. The maximum absolute atomic E-state index is 12.1. The van der Waals surface area contributed by atoms with E-state index in [0.29, 0.717) is 23.7 Å². The Labute approximate surface area is 126 Å². The van der Waals surface area contributed by atoms with Gasteiger partial charge in [-0.1, -0.05) is 12.1 Å². The van der Waals surface area contributed by atoms with Crippen LogP contribution in [0.4, 0.5) is 11.5 Å². The van der Waals surface area contributed by atoms with Crippen LogP contribution in [0, 0.1) is 17.0 Å². The van der Waals surface area contributed by atoms with Crippen LogP contribution in [0.5, 0.6) is 5.75 Å². The van der Waals surface area contributed by atoms with Gasteiger partial charge < -0.3 is 14.6 Å². The van der Waals surface area contributed by atoms with Gasteiger partial charge in [-0.2, -0.15) is 0 Å². The summed E-state index contributed by atoms with van der Waals surface area (Å²) in [7, 11) is 0. The Morgan fingerprint density at radius 3 is 2.64 bits per heavy atom. The summed E-state index contributed by atoms with van der Waals surface area (Å²) in [5.74, 6) is 0.908. The predicted molar refractivity (Wildman–Crippen MR) is 77.7 cm³/mol. The number of non-ortho nitro benzene ring substituents is 1. The van der Waals surface area contributed by atoms with Gasteiger partial charge in [-0.3, -0.25) is 14.9 Å². The van der Waals surface area contributed by atoms with Crippen molar-refractivity contribution in [1.29, 1.82) is 0 Å². The van der Waals surface area contributed by atoms with Crippen molar-refractivity contribution in [3.8, 4) is 5.75 Å². The first-order valence-electron chi connectivity index (χ1n) is 6.65. The summed E-state index contributed by atoms with van der Waals surface area (Å²) in [5, 5.41) is 16.8. The second-order valence-corrected chi connectivity index (χ2v) is 4.58. The van der Waals surface area contributed by atoms with E-state index in [1.54, 1.807) is 19.9 Å². The maximum Gasteiger partial charge on any atom is 0.269 e. The zero-order chi connectivity index (χ0) is 16.1. The van der Waals surface area contributed by atoms with Gasteiger partial charge >= 0.3 is 0 Å². The number of carbonyl (C=O) groups excluding carboxylic acids is 1. The molecule has 0 aliphatic rings. The number of hydrogen-bond donors (Lipinski definition) is 1. The fourth-order valence-corrected chi connectivity index (χ4v) is 1.76. The van der Waals surface area contributed by atoms with Gasteiger partial charge in [-0.05, 0) is 25.5 Å². The molecule has 0 fully saturated rings. The van der Waals surface area contributed by atoms with Gasteiger partial charge in [0.15, 0.2) is 11.9 Å². The molecule has 0 spiro atoms. The highest BCUT2D eigenvalue weighted by molar-refractivity contribution is 5.93. The summed E-state index contributed by atoms with van der Waals surface area (Å²) < 4.78 is 10.4. The average Bonchev–Trinajstić information content (AvgIpc) is 2.90. The third-order valence-corrected chi connectivity index (χ3v) is 2.87. The normalized spacial score (nSPS) is 11.7. The summed E-state index contributed by atoms with van der Waals surface area (Å²) in [5.41, 5.74) is -0.0390. The fourth-order valence-electron chi connectivity index (χ4n) is 1.76. The van der Waals surface area contributed by atoms with Crippen LogP contribution in [0.3, 0.4) is 0 Å². The molecule has 8 heteroatoms. The molecule has 0 bridgehead atoms. The van der Waals surface area contributed by atoms with Gasteiger partial charge in [0.1, 0.15) is 11.5 Å². The number of aromatic nitrogens is 1. The van der Waals surface area contributed by atoms with Crippen molar-refractivity contribution in [2.24, 2.45) is 0 Å². The second kappa shape index (κ2) is 6.70. The lowest BCUT2D eigenvalue weighted by Crippen LogP contribution is -2.32. The topological polar surface area (TPSA) is 108 Å². The number of anilines is 1. The molecule has 0 radical (unpaired) electrons. The molecule has 1 amide bonds. The summed E-state index contributed by atoms with van der Waals surface area (Å²) in [4.78, 5) is 22.2. The van der Waals surface area contributed by atoms with Crippen LogP contribution in [0.15, 0.2) is 34.9 Å². The van der Waals surface area contributed by atoms with Crippen LogP contribution in [-0.4, -0.2) is 22.1 Å². The van der Waals surface area contributed by atoms with E-state index in [1.807, 2.05) is 0 Å². The van der Waals surface area contributed by atoms with Crippen LogP contribution in [0.1, 0.15) is 19.1 Å². The molecule has 1 unspecified atom stereocenters. The number of hydrogen-bond acceptors (Lipinski definition) is 6. The smallest absolute Gasteiger partial charge is 0.269 e. The van der Waals surface area contributed by atoms with Crippen LogP contribution in [0.2, 0.25) is 0 Å². The molecule has 1 N–H and O–H groups in total. The van der Waals surface area contributed by atoms with Crippen molar-refractivity contribution in [2.75, 3.05) is 5.32 Å². The first kappa shape index (κ1) is 15.5. The van der Waals surface area contributed by atoms with Crippen molar-refractivity contribution in [2.45, 2.75) is 26.4 Å². The van der Waals surface area contributed by atoms with Crippen LogP contribution in [-0.2, 0) is 4.79 Å². The Hall–Kier alpha value is -2.90. The molecule has 0 aliphatic heterocycles. The lowest BCUT2D eigenvalue weighted by Gasteiger charge is -2.16. The van der Waals surface area contributed by atoms with E-state index in [9.17, 15) is 14.9 Å². The van der Waals surface area contributed by atoms with E-state index in [-0.39, 0.29) is 11.6 Å². The molecule has 1 aromatic heterocycles. The Morgan fingerprint density at radius 1 is 1.45 bits per heavy atom. The van der Waals surface area contributed by atoms with E-state index in [2.05, 4.69) is 10.5 Å². The monoisotopic (exact) mass is 305 g/mol. The number of nitro groups is 1. The van der Waals surface area contributed by atoms with E-state index in [1.165, 1.54) is 24.3 Å². The maximum atomic E-state index is 12.1. The van der Waals surface area contributed by atoms with E-state index < -0.39 is 11.0 Å². The molecule has 2 aromatic rings. The number of nitro benzene ring substituents is 1. The number of ether oxygens (including phenoxy) is 1. The standard InChI is InChI=1S/C14H15N3O5/c1-3-12(14(18)15-13-8-9(2)22-16-13)21-11-6-4-10(5-7-11)17(19)20/h4-8,12H,3H2,1-2H3,(H,15,16,18). The van der Waals surface area contributed by atoms with Crippen molar-refractivity contribution in [1.82, 2.24) is 5.16 Å². The van der Waals surface area contributed by atoms with E-state index in [4.69, 9.17) is 9.26 Å². The van der Waals surface area contributed by atoms with Crippen molar-refractivity contribution >= 4 is 17.4 Å². The predicted octanol–water partition coefficient (Wildman–Crippen LogP) is 2.69. The molecule has 1 aromatic carbocycles. The molecule has 0 saturated carbocycles. The molecule has 1 heterocycles. The summed E-state index contributed by atoms with van der Waals surface area (Å²) in [6, 6.07) is 7.14. The van der Waals surface area contributed by atoms with Gasteiger partial charge in [0.25, 0.3) is 11.6 Å². The number of aryl methyl sites for hydroxylation is 1. The fraction of sp³-hybridized carbons (Fsp3) is 0.286. The highest BCUT2D eigenvalue weighted by Gasteiger charge is 2.20. The van der Waals surface area contributed by atoms with Crippen molar-refractivity contribution in [3.05, 3.63) is 46.2 Å². The average molecular weight is 305 g/mol. The minimum atomic E-state index is -0.738. The number of rotatable bonds is 6. The summed E-state index contributed by atoms with van der Waals surface area (Å²) in [6.45, 7) is 3.51. The van der Waals surface area contributed by atoms with Gasteiger partial charge in [-0.15, -0.1) is 0 Å². The lowest BCUT2D eigenvalue weighted by molar-refractivity contribution is -0.384. The molecule has 116 valence electrons. The molecule has 22 heavy (non-hydrogen) atoms. The Morgan fingerprint density at radius 2 is 2.14 bits per heavy atom. The van der Waals surface area contributed by atoms with Crippen LogP contribution < -0.4 is 10.1 Å². The van der Waals surface area contributed by atoms with Gasteiger partial charge in [0.05, 0.1) is 4.92 Å². The van der Waals surface area contributed by atoms with Gasteiger partial charge in [0, 0.05) is 18.2 Å². The zero-order valence-corrected chi connectivity index (χ0v) is 12.1. The van der Waals surface area contributed by atoms with Gasteiger partial charge in [-0.25, -0.2) is 0 Å². The lowest BCUT2D eigenvalue weighted by atomic mass is 10.2. The quantitative estimate of drug-likeness (QED) is 0.649. The number of benzene rings is 1. The van der Waals surface area contributed by atoms with E-state index >= 15 is 0 Å². The Balaban J connectivity index is 2.01. The highest BCUT2D eigenvalue weighted by Crippen LogP contribution is 2.19.